The molecule has 3 N–H and O–H groups in total. The highest BCUT2D eigenvalue weighted by Crippen LogP contribution is 2.30. The van der Waals surface area contributed by atoms with Gasteiger partial charge in [-0.25, -0.2) is 0 Å². The number of halogens is 1. The number of aryl methyl sites for hydroxylation is 1. The van der Waals surface area contributed by atoms with E-state index in [1.165, 1.54) is 16.9 Å². The maximum Gasteiger partial charge on any atom is 0.263 e. The first-order valence-electron chi connectivity index (χ1n) is 8.46. The van der Waals surface area contributed by atoms with Gasteiger partial charge in [-0.2, -0.15) is 0 Å². The van der Waals surface area contributed by atoms with Crippen LogP contribution in [0.25, 0.3) is 11.0 Å². The molecule has 8 heteroatoms. The number of carbonyl (C=O) groups is 1. The maximum absolute atomic E-state index is 12.8. The second kappa shape index (κ2) is 7.85. The van der Waals surface area contributed by atoms with E-state index in [2.05, 4.69) is 10.6 Å². The van der Waals surface area contributed by atoms with Crippen molar-refractivity contribution >= 4 is 40.0 Å². The van der Waals surface area contributed by atoms with Crippen LogP contribution in [0.2, 0.25) is 5.02 Å². The minimum Gasteiger partial charge on any atom is -0.463 e. The van der Waals surface area contributed by atoms with E-state index in [9.17, 15) is 9.59 Å². The van der Waals surface area contributed by atoms with Gasteiger partial charge in [-0.1, -0.05) is 17.7 Å². The number of anilines is 2. The Morgan fingerprint density at radius 3 is 2.81 bits per heavy atom. The van der Waals surface area contributed by atoms with E-state index in [4.69, 9.17) is 21.1 Å². The van der Waals surface area contributed by atoms with E-state index in [0.29, 0.717) is 29.1 Å². The third kappa shape index (κ3) is 3.70. The fourth-order valence-corrected chi connectivity index (χ4v) is 3.09. The Morgan fingerprint density at radius 2 is 2.11 bits per heavy atom. The van der Waals surface area contributed by atoms with Crippen LogP contribution in [0.4, 0.5) is 11.5 Å². The molecule has 0 saturated heterocycles. The van der Waals surface area contributed by atoms with Crippen molar-refractivity contribution in [3.8, 4) is 0 Å². The van der Waals surface area contributed by atoms with Gasteiger partial charge in [-0.3, -0.25) is 14.2 Å². The fraction of sp³-hybridized carbons (Fsp3) is 0.263. The van der Waals surface area contributed by atoms with E-state index >= 15 is 0 Å². The molecule has 0 bridgehead atoms. The number of furan rings is 1. The Bertz CT molecular complexity index is 1060. The number of pyridine rings is 1. The van der Waals surface area contributed by atoms with Crippen molar-refractivity contribution in [2.24, 2.45) is 7.05 Å². The van der Waals surface area contributed by atoms with Gasteiger partial charge in [0.05, 0.1) is 22.4 Å². The summed E-state index contributed by atoms with van der Waals surface area (Å²) in [5, 5.41) is 15.5. The van der Waals surface area contributed by atoms with Crippen LogP contribution in [0.5, 0.6) is 0 Å². The molecule has 0 saturated carbocycles. The van der Waals surface area contributed by atoms with Crippen LogP contribution in [0.1, 0.15) is 22.3 Å². The molecule has 7 nitrogen and oxygen atoms in total. The SMILES string of the molecule is Cc1ccc(Nc2c(C(=O)NCCCO)c3occc3c(=O)n2C)c(Cl)c1. The molecule has 0 radical (unpaired) electrons. The summed E-state index contributed by atoms with van der Waals surface area (Å²) in [5.74, 6) is -0.139. The minimum atomic E-state index is -0.412. The maximum atomic E-state index is 12.8. The van der Waals surface area contributed by atoms with Crippen molar-refractivity contribution in [3.05, 3.63) is 57.0 Å². The number of aliphatic hydroxyl groups excluding tert-OH is 1. The average molecular weight is 390 g/mol. The van der Waals surface area contributed by atoms with Crippen LogP contribution in [0.3, 0.4) is 0 Å². The van der Waals surface area contributed by atoms with Crippen molar-refractivity contribution < 1.29 is 14.3 Å². The van der Waals surface area contributed by atoms with Crippen molar-refractivity contribution in [3.63, 3.8) is 0 Å². The largest absolute Gasteiger partial charge is 0.463 e. The van der Waals surface area contributed by atoms with Crippen molar-refractivity contribution in [2.75, 3.05) is 18.5 Å². The molecule has 27 heavy (non-hydrogen) atoms. The zero-order valence-corrected chi connectivity index (χ0v) is 15.8. The molecule has 0 aliphatic heterocycles. The van der Waals surface area contributed by atoms with Gasteiger partial charge in [-0.15, -0.1) is 0 Å². The Kier molecular flexibility index (Phi) is 5.53. The summed E-state index contributed by atoms with van der Waals surface area (Å²) in [7, 11) is 1.57. The van der Waals surface area contributed by atoms with Crippen LogP contribution < -0.4 is 16.2 Å². The summed E-state index contributed by atoms with van der Waals surface area (Å²) in [4.78, 5) is 25.4. The van der Waals surface area contributed by atoms with Gasteiger partial charge in [0.15, 0.2) is 5.58 Å². The Labute approximate surface area is 160 Å². The van der Waals surface area contributed by atoms with E-state index in [-0.39, 0.29) is 29.1 Å². The first-order chi connectivity index (χ1) is 12.9. The van der Waals surface area contributed by atoms with Crippen LogP contribution in [-0.2, 0) is 7.05 Å². The summed E-state index contributed by atoms with van der Waals surface area (Å²) in [6.07, 6.45) is 1.80. The number of aromatic nitrogens is 1. The zero-order valence-electron chi connectivity index (χ0n) is 15.0. The number of nitrogens with one attached hydrogen (secondary N) is 2. The lowest BCUT2D eigenvalue weighted by Gasteiger charge is -2.17. The summed E-state index contributed by atoms with van der Waals surface area (Å²) >= 11 is 6.30. The number of benzene rings is 1. The van der Waals surface area contributed by atoms with Gasteiger partial charge < -0.3 is 20.2 Å². The highest BCUT2D eigenvalue weighted by Gasteiger charge is 2.23. The number of hydrogen-bond acceptors (Lipinski definition) is 5. The van der Waals surface area contributed by atoms with Gasteiger partial charge in [0.1, 0.15) is 11.4 Å². The molecule has 2 heterocycles. The smallest absolute Gasteiger partial charge is 0.263 e. The Balaban J connectivity index is 2.14. The number of aliphatic hydroxyl groups is 1. The van der Waals surface area contributed by atoms with Gasteiger partial charge in [0.25, 0.3) is 11.5 Å². The van der Waals surface area contributed by atoms with Crippen LogP contribution in [-0.4, -0.2) is 28.7 Å². The summed E-state index contributed by atoms with van der Waals surface area (Å²) in [6, 6.07) is 6.97. The Hall–Kier alpha value is -2.77. The van der Waals surface area contributed by atoms with E-state index in [1.54, 1.807) is 19.2 Å². The molecule has 0 aliphatic carbocycles. The van der Waals surface area contributed by atoms with Crippen molar-refractivity contribution in [1.82, 2.24) is 9.88 Å². The summed E-state index contributed by atoms with van der Waals surface area (Å²) in [5.41, 5.74) is 1.66. The average Bonchev–Trinajstić information content (AvgIpc) is 3.11. The number of nitrogens with zero attached hydrogens (tertiary/aromatic N) is 1. The second-order valence-corrected chi connectivity index (χ2v) is 6.60. The van der Waals surface area contributed by atoms with Crippen LogP contribution in [0.15, 0.2) is 39.7 Å². The molecule has 3 rings (SSSR count). The predicted octanol–water partition coefficient (Wildman–Crippen LogP) is 2.95. The third-order valence-electron chi connectivity index (χ3n) is 4.22. The number of hydrogen-bond donors (Lipinski definition) is 3. The van der Waals surface area contributed by atoms with Crippen LogP contribution >= 0.6 is 11.6 Å². The normalized spacial score (nSPS) is 11.0. The molecule has 0 fully saturated rings. The number of amides is 1. The van der Waals surface area contributed by atoms with E-state index in [0.717, 1.165) is 5.56 Å². The molecule has 142 valence electrons. The van der Waals surface area contributed by atoms with Crippen LogP contribution in [0, 0.1) is 6.92 Å². The summed E-state index contributed by atoms with van der Waals surface area (Å²) in [6.45, 7) is 2.18. The zero-order chi connectivity index (χ0) is 19.6. The molecule has 0 aliphatic rings. The van der Waals surface area contributed by atoms with Gasteiger partial charge >= 0.3 is 0 Å². The molecular weight excluding hydrogens is 370 g/mol. The van der Waals surface area contributed by atoms with Gasteiger partial charge in [-0.05, 0) is 37.1 Å². The highest BCUT2D eigenvalue weighted by molar-refractivity contribution is 6.33. The Morgan fingerprint density at radius 1 is 1.33 bits per heavy atom. The van der Waals surface area contributed by atoms with E-state index < -0.39 is 5.91 Å². The molecule has 3 aromatic rings. The lowest BCUT2D eigenvalue weighted by Crippen LogP contribution is -2.29. The van der Waals surface area contributed by atoms with E-state index in [1.807, 2.05) is 13.0 Å². The summed E-state index contributed by atoms with van der Waals surface area (Å²) < 4.78 is 6.80. The number of fused-ring (bicyclic) bond motifs is 1. The van der Waals surface area contributed by atoms with Gasteiger partial charge in [0, 0.05) is 20.2 Å². The quantitative estimate of drug-likeness (QED) is 0.563. The molecule has 0 atom stereocenters. The molecule has 2 aromatic heterocycles. The highest BCUT2D eigenvalue weighted by atomic mass is 35.5. The molecule has 0 unspecified atom stereocenters. The van der Waals surface area contributed by atoms with Crippen molar-refractivity contribution in [1.29, 1.82) is 0 Å². The second-order valence-electron chi connectivity index (χ2n) is 6.19. The topological polar surface area (TPSA) is 96.5 Å². The number of carbonyl (C=O) groups excluding carboxylic acids is 1. The molecule has 1 amide bonds. The first-order valence-corrected chi connectivity index (χ1v) is 8.84. The third-order valence-corrected chi connectivity index (χ3v) is 4.54. The van der Waals surface area contributed by atoms with Crippen molar-refractivity contribution in [2.45, 2.75) is 13.3 Å². The predicted molar refractivity (Wildman–Crippen MR) is 105 cm³/mol. The first kappa shape index (κ1) is 19.0. The molecule has 0 spiro atoms. The van der Waals surface area contributed by atoms with Gasteiger partial charge in [0.2, 0.25) is 0 Å². The standard InChI is InChI=1S/C19H20ClN3O4/c1-11-4-5-14(13(20)10-11)22-17-15(18(25)21-7-3-8-24)16-12(6-9-27-16)19(26)23(17)2/h4-6,9-10,22,24H,3,7-8H2,1-2H3,(H,21,25). The lowest BCUT2D eigenvalue weighted by atomic mass is 10.1. The lowest BCUT2D eigenvalue weighted by molar-refractivity contribution is 0.0952. The monoisotopic (exact) mass is 389 g/mol. The molecule has 1 aromatic carbocycles. The minimum absolute atomic E-state index is 0.0339. The molecular formula is C19H20ClN3O4. The fourth-order valence-electron chi connectivity index (χ4n) is 2.80. The number of rotatable bonds is 6.